The van der Waals surface area contributed by atoms with E-state index in [9.17, 15) is 10.1 Å². The molecule has 2 aromatic carbocycles. The first kappa shape index (κ1) is 14.5. The maximum Gasteiger partial charge on any atom is 0.269 e. The Morgan fingerprint density at radius 2 is 1.59 bits per heavy atom. The zero-order valence-electron chi connectivity index (χ0n) is 11.9. The van der Waals surface area contributed by atoms with Crippen LogP contribution in [0.3, 0.4) is 0 Å². The first-order valence-corrected chi connectivity index (χ1v) is 7.54. The van der Waals surface area contributed by atoms with Gasteiger partial charge in [0.25, 0.3) is 5.69 Å². The van der Waals surface area contributed by atoms with Crippen LogP contribution < -0.4 is 0 Å². The molecule has 3 rings (SSSR count). The monoisotopic (exact) mass is 356 g/mol. The van der Waals surface area contributed by atoms with Gasteiger partial charge in [-0.15, -0.1) is 0 Å². The van der Waals surface area contributed by atoms with Crippen molar-refractivity contribution in [3.63, 3.8) is 0 Å². The predicted octanol–water partition coefficient (Wildman–Crippen LogP) is 5.12. The van der Waals surface area contributed by atoms with Gasteiger partial charge in [-0.1, -0.05) is 28.1 Å². The van der Waals surface area contributed by atoms with Gasteiger partial charge in [-0.3, -0.25) is 10.1 Å². The summed E-state index contributed by atoms with van der Waals surface area (Å²) >= 11 is 3.44. The van der Waals surface area contributed by atoms with Crippen molar-refractivity contribution >= 4 is 21.6 Å². The van der Waals surface area contributed by atoms with Crippen LogP contribution in [0.2, 0.25) is 0 Å². The van der Waals surface area contributed by atoms with Gasteiger partial charge < -0.3 is 4.57 Å². The van der Waals surface area contributed by atoms with Crippen molar-refractivity contribution in [1.82, 2.24) is 4.57 Å². The minimum Gasteiger partial charge on any atom is -0.314 e. The molecule has 0 bridgehead atoms. The number of nitro benzene ring substituents is 1. The predicted molar refractivity (Wildman–Crippen MR) is 90.3 cm³/mol. The van der Waals surface area contributed by atoms with Crippen molar-refractivity contribution in [2.75, 3.05) is 0 Å². The smallest absolute Gasteiger partial charge is 0.269 e. The SMILES string of the molecule is Cc1ccc(-c2ccc(Br)cc2)n1-c1ccc([N+](=O)[O-])cc1. The number of halogens is 1. The van der Waals surface area contributed by atoms with Crippen molar-refractivity contribution in [3.05, 3.63) is 80.9 Å². The highest BCUT2D eigenvalue weighted by molar-refractivity contribution is 9.10. The van der Waals surface area contributed by atoms with Crippen LogP contribution in [0, 0.1) is 17.0 Å². The lowest BCUT2D eigenvalue weighted by atomic mass is 10.1. The van der Waals surface area contributed by atoms with Gasteiger partial charge >= 0.3 is 0 Å². The maximum absolute atomic E-state index is 10.8. The van der Waals surface area contributed by atoms with Crippen LogP contribution in [-0.4, -0.2) is 9.49 Å². The van der Waals surface area contributed by atoms with Crippen LogP contribution in [0.15, 0.2) is 65.1 Å². The van der Waals surface area contributed by atoms with Crippen molar-refractivity contribution in [2.24, 2.45) is 0 Å². The second-order valence-corrected chi connectivity index (χ2v) is 5.89. The molecule has 3 aromatic rings. The lowest BCUT2D eigenvalue weighted by molar-refractivity contribution is -0.384. The van der Waals surface area contributed by atoms with E-state index in [1.165, 1.54) is 12.1 Å². The summed E-state index contributed by atoms with van der Waals surface area (Å²) in [7, 11) is 0. The number of benzene rings is 2. The Labute approximate surface area is 136 Å². The van der Waals surface area contributed by atoms with Crippen LogP contribution in [0.4, 0.5) is 5.69 Å². The third-order valence-corrected chi connectivity index (χ3v) is 4.06. The second-order valence-electron chi connectivity index (χ2n) is 4.98. The molecular formula is C17H13BrN2O2. The third kappa shape index (κ3) is 2.67. The van der Waals surface area contributed by atoms with Gasteiger partial charge in [0, 0.05) is 28.0 Å². The average Bonchev–Trinajstić information content (AvgIpc) is 2.90. The summed E-state index contributed by atoms with van der Waals surface area (Å²) in [6.07, 6.45) is 0. The lowest BCUT2D eigenvalue weighted by Gasteiger charge is -2.12. The Balaban J connectivity index is 2.09. The Morgan fingerprint density at radius 1 is 0.955 bits per heavy atom. The number of hydrogen-bond acceptors (Lipinski definition) is 2. The molecule has 0 unspecified atom stereocenters. The standard InChI is InChI=1S/C17H13BrN2O2/c1-12-2-11-17(13-3-5-14(18)6-4-13)19(12)15-7-9-16(10-8-15)20(21)22/h2-11H,1H3. The van der Waals surface area contributed by atoms with Crippen molar-refractivity contribution < 1.29 is 4.92 Å². The van der Waals surface area contributed by atoms with Gasteiger partial charge in [-0.05, 0) is 48.9 Å². The molecule has 0 saturated carbocycles. The molecule has 1 heterocycles. The summed E-state index contributed by atoms with van der Waals surface area (Å²) < 4.78 is 3.12. The molecule has 0 N–H and O–H groups in total. The zero-order chi connectivity index (χ0) is 15.7. The second kappa shape index (κ2) is 5.77. The van der Waals surface area contributed by atoms with Crippen LogP contribution in [-0.2, 0) is 0 Å². The molecule has 22 heavy (non-hydrogen) atoms. The molecule has 0 amide bonds. The highest BCUT2D eigenvalue weighted by Crippen LogP contribution is 2.28. The Bertz CT molecular complexity index is 821. The number of aryl methyl sites for hydroxylation is 1. The average molecular weight is 357 g/mol. The van der Waals surface area contributed by atoms with Crippen molar-refractivity contribution in [1.29, 1.82) is 0 Å². The topological polar surface area (TPSA) is 48.1 Å². The number of nitrogens with zero attached hydrogens (tertiary/aromatic N) is 2. The van der Waals surface area contributed by atoms with Gasteiger partial charge in [0.05, 0.1) is 10.6 Å². The number of hydrogen-bond donors (Lipinski definition) is 0. The molecule has 5 heteroatoms. The Morgan fingerprint density at radius 3 is 2.18 bits per heavy atom. The van der Waals surface area contributed by atoms with Crippen LogP contribution in [0.5, 0.6) is 0 Å². The Hall–Kier alpha value is -2.40. The minimum atomic E-state index is -0.387. The van der Waals surface area contributed by atoms with E-state index in [-0.39, 0.29) is 10.6 Å². The van der Waals surface area contributed by atoms with E-state index < -0.39 is 0 Å². The third-order valence-electron chi connectivity index (χ3n) is 3.53. The molecular weight excluding hydrogens is 344 g/mol. The first-order chi connectivity index (χ1) is 10.6. The number of nitro groups is 1. The molecule has 0 spiro atoms. The van der Waals surface area contributed by atoms with E-state index in [2.05, 4.69) is 26.6 Å². The molecule has 110 valence electrons. The molecule has 0 atom stereocenters. The summed E-state index contributed by atoms with van der Waals surface area (Å²) in [5, 5.41) is 10.8. The van der Waals surface area contributed by atoms with Crippen LogP contribution in [0.1, 0.15) is 5.69 Å². The molecule has 0 fully saturated rings. The molecule has 0 aliphatic carbocycles. The molecule has 0 saturated heterocycles. The fourth-order valence-corrected chi connectivity index (χ4v) is 2.72. The van der Waals surface area contributed by atoms with Gasteiger partial charge in [0.1, 0.15) is 0 Å². The van der Waals surface area contributed by atoms with Gasteiger partial charge in [-0.25, -0.2) is 0 Å². The van der Waals surface area contributed by atoms with E-state index >= 15 is 0 Å². The van der Waals surface area contributed by atoms with E-state index in [4.69, 9.17) is 0 Å². The van der Waals surface area contributed by atoms with Crippen molar-refractivity contribution in [3.8, 4) is 16.9 Å². The van der Waals surface area contributed by atoms with E-state index in [0.29, 0.717) is 0 Å². The van der Waals surface area contributed by atoms with Crippen LogP contribution in [0.25, 0.3) is 16.9 Å². The highest BCUT2D eigenvalue weighted by Gasteiger charge is 2.11. The lowest BCUT2D eigenvalue weighted by Crippen LogP contribution is -1.99. The van der Waals surface area contributed by atoms with Crippen LogP contribution >= 0.6 is 15.9 Å². The van der Waals surface area contributed by atoms with Gasteiger partial charge in [0.15, 0.2) is 0 Å². The van der Waals surface area contributed by atoms with Crippen molar-refractivity contribution in [2.45, 2.75) is 6.92 Å². The molecule has 1 aromatic heterocycles. The largest absolute Gasteiger partial charge is 0.314 e. The summed E-state index contributed by atoms with van der Waals surface area (Å²) in [6, 6.07) is 18.8. The molecule has 0 aliphatic heterocycles. The first-order valence-electron chi connectivity index (χ1n) is 6.75. The number of aromatic nitrogens is 1. The van der Waals surface area contributed by atoms with Gasteiger partial charge in [-0.2, -0.15) is 0 Å². The summed E-state index contributed by atoms with van der Waals surface area (Å²) in [5.41, 5.74) is 4.23. The van der Waals surface area contributed by atoms with Gasteiger partial charge in [0.2, 0.25) is 0 Å². The van der Waals surface area contributed by atoms with E-state index in [1.54, 1.807) is 12.1 Å². The molecule has 4 nitrogen and oxygen atoms in total. The normalized spacial score (nSPS) is 10.6. The zero-order valence-corrected chi connectivity index (χ0v) is 13.4. The number of rotatable bonds is 3. The maximum atomic E-state index is 10.8. The fourth-order valence-electron chi connectivity index (χ4n) is 2.45. The minimum absolute atomic E-state index is 0.0961. The number of non-ortho nitro benzene ring substituents is 1. The summed E-state index contributed by atoms with van der Waals surface area (Å²) in [6.45, 7) is 2.02. The summed E-state index contributed by atoms with van der Waals surface area (Å²) in [4.78, 5) is 10.4. The Kier molecular flexibility index (Phi) is 3.81. The molecule has 0 aliphatic rings. The van der Waals surface area contributed by atoms with E-state index in [0.717, 1.165) is 27.1 Å². The van der Waals surface area contributed by atoms with E-state index in [1.807, 2.05) is 37.3 Å². The fraction of sp³-hybridized carbons (Fsp3) is 0.0588. The quantitative estimate of drug-likeness (QED) is 0.482. The molecule has 0 radical (unpaired) electrons. The summed E-state index contributed by atoms with van der Waals surface area (Å²) in [5.74, 6) is 0. The highest BCUT2D eigenvalue weighted by atomic mass is 79.9.